The highest BCUT2D eigenvalue weighted by Crippen LogP contribution is 2.17. The van der Waals surface area contributed by atoms with Gasteiger partial charge in [-0.3, -0.25) is 9.69 Å². The van der Waals surface area contributed by atoms with Gasteiger partial charge in [0.15, 0.2) is 0 Å². The Labute approximate surface area is 149 Å². The standard InChI is InChI=1S/C18H29N5O2/c24-18(21-15-5-2-1-3-6-15)8-10-23-11-12-25-16(14-23)13-19-17-7-4-9-20-22-17/h4,7,9,15-16H,1-3,5-6,8,10-14H2,(H,19,22)(H,21,24)/t16-/m0/s1. The summed E-state index contributed by atoms with van der Waals surface area (Å²) >= 11 is 0. The largest absolute Gasteiger partial charge is 0.374 e. The highest BCUT2D eigenvalue weighted by atomic mass is 16.5. The van der Waals surface area contributed by atoms with Crippen molar-refractivity contribution in [1.82, 2.24) is 20.4 Å². The van der Waals surface area contributed by atoms with Gasteiger partial charge in [0.05, 0.1) is 12.7 Å². The van der Waals surface area contributed by atoms with Gasteiger partial charge >= 0.3 is 0 Å². The Bertz CT molecular complexity index is 521. The molecule has 0 bridgehead atoms. The Hall–Kier alpha value is -1.73. The second-order valence-electron chi connectivity index (χ2n) is 6.94. The van der Waals surface area contributed by atoms with E-state index >= 15 is 0 Å². The summed E-state index contributed by atoms with van der Waals surface area (Å²) in [6, 6.07) is 4.15. The van der Waals surface area contributed by atoms with E-state index in [0.717, 1.165) is 38.3 Å². The van der Waals surface area contributed by atoms with Crippen LogP contribution in [0.4, 0.5) is 5.82 Å². The molecule has 1 amide bonds. The molecule has 0 radical (unpaired) electrons. The Morgan fingerprint density at radius 2 is 2.20 bits per heavy atom. The number of anilines is 1. The van der Waals surface area contributed by atoms with Crippen LogP contribution in [-0.2, 0) is 9.53 Å². The average Bonchev–Trinajstić information content (AvgIpc) is 2.67. The van der Waals surface area contributed by atoms with Crippen molar-refractivity contribution >= 4 is 11.7 Å². The van der Waals surface area contributed by atoms with Gasteiger partial charge in [0, 0.05) is 44.8 Å². The first-order valence-electron chi connectivity index (χ1n) is 9.44. The van der Waals surface area contributed by atoms with Gasteiger partial charge in [0.1, 0.15) is 5.82 Å². The summed E-state index contributed by atoms with van der Waals surface area (Å²) in [5, 5.41) is 14.3. The fourth-order valence-electron chi connectivity index (χ4n) is 3.53. The quantitative estimate of drug-likeness (QED) is 0.777. The molecule has 7 heteroatoms. The molecule has 3 rings (SSSR count). The summed E-state index contributed by atoms with van der Waals surface area (Å²) in [4.78, 5) is 14.5. The molecule has 1 aliphatic carbocycles. The van der Waals surface area contributed by atoms with Crippen LogP contribution in [0.3, 0.4) is 0 Å². The van der Waals surface area contributed by atoms with E-state index in [2.05, 4.69) is 25.7 Å². The highest BCUT2D eigenvalue weighted by molar-refractivity contribution is 5.76. The summed E-state index contributed by atoms with van der Waals surface area (Å²) in [6.45, 7) is 3.92. The number of carbonyl (C=O) groups excluding carboxylic acids is 1. The predicted octanol–water partition coefficient (Wildman–Crippen LogP) is 1.43. The Morgan fingerprint density at radius 3 is 3.00 bits per heavy atom. The molecule has 2 aliphatic rings. The van der Waals surface area contributed by atoms with Gasteiger partial charge in [-0.2, -0.15) is 5.10 Å². The fourth-order valence-corrected chi connectivity index (χ4v) is 3.53. The molecule has 1 aromatic rings. The predicted molar refractivity (Wildman–Crippen MR) is 96.3 cm³/mol. The SMILES string of the molecule is O=C(CCN1CCO[C@@H](CNc2cccnn2)C1)NC1CCCCC1. The number of nitrogens with zero attached hydrogens (tertiary/aromatic N) is 3. The topological polar surface area (TPSA) is 79.4 Å². The van der Waals surface area contributed by atoms with Crippen molar-refractivity contribution in [1.29, 1.82) is 0 Å². The first kappa shape index (κ1) is 18.1. The fraction of sp³-hybridized carbons (Fsp3) is 0.722. The van der Waals surface area contributed by atoms with E-state index in [-0.39, 0.29) is 12.0 Å². The summed E-state index contributed by atoms with van der Waals surface area (Å²) in [5.41, 5.74) is 0. The number of ether oxygens (including phenoxy) is 1. The smallest absolute Gasteiger partial charge is 0.221 e. The summed E-state index contributed by atoms with van der Waals surface area (Å²) < 4.78 is 5.81. The van der Waals surface area contributed by atoms with Gasteiger partial charge < -0.3 is 15.4 Å². The van der Waals surface area contributed by atoms with Crippen LogP contribution in [0.15, 0.2) is 18.3 Å². The molecule has 0 aromatic carbocycles. The molecule has 1 aliphatic heterocycles. The second kappa shape index (κ2) is 9.68. The molecule has 1 saturated carbocycles. The number of rotatable bonds is 7. The zero-order valence-electron chi connectivity index (χ0n) is 14.8. The number of morpholine rings is 1. The molecule has 0 spiro atoms. The molecular weight excluding hydrogens is 318 g/mol. The van der Waals surface area contributed by atoms with Crippen LogP contribution in [0.1, 0.15) is 38.5 Å². The highest BCUT2D eigenvalue weighted by Gasteiger charge is 2.21. The van der Waals surface area contributed by atoms with Gasteiger partial charge in [-0.15, -0.1) is 5.10 Å². The van der Waals surface area contributed by atoms with E-state index in [1.165, 1.54) is 19.3 Å². The zero-order valence-corrected chi connectivity index (χ0v) is 14.8. The van der Waals surface area contributed by atoms with Gasteiger partial charge in [-0.25, -0.2) is 0 Å². The third kappa shape index (κ3) is 6.25. The maximum Gasteiger partial charge on any atom is 0.221 e. The van der Waals surface area contributed by atoms with E-state index < -0.39 is 0 Å². The minimum absolute atomic E-state index is 0.108. The van der Waals surface area contributed by atoms with E-state index in [9.17, 15) is 4.79 Å². The summed E-state index contributed by atoms with van der Waals surface area (Å²) in [5.74, 6) is 0.947. The molecule has 1 saturated heterocycles. The molecule has 2 N–H and O–H groups in total. The molecule has 1 aromatic heterocycles. The van der Waals surface area contributed by atoms with Crippen LogP contribution >= 0.6 is 0 Å². The van der Waals surface area contributed by atoms with E-state index in [1.807, 2.05) is 12.1 Å². The van der Waals surface area contributed by atoms with Crippen LogP contribution in [-0.4, -0.2) is 65.9 Å². The van der Waals surface area contributed by atoms with Crippen LogP contribution in [0, 0.1) is 0 Å². The maximum absolute atomic E-state index is 12.1. The van der Waals surface area contributed by atoms with Crippen LogP contribution < -0.4 is 10.6 Å². The minimum Gasteiger partial charge on any atom is -0.374 e. The third-order valence-corrected chi connectivity index (χ3v) is 4.93. The minimum atomic E-state index is 0.108. The molecule has 25 heavy (non-hydrogen) atoms. The number of nitrogens with one attached hydrogen (secondary N) is 2. The van der Waals surface area contributed by atoms with Gasteiger partial charge in [-0.05, 0) is 25.0 Å². The monoisotopic (exact) mass is 347 g/mol. The Morgan fingerprint density at radius 1 is 1.32 bits per heavy atom. The van der Waals surface area contributed by atoms with Gasteiger partial charge in [0.25, 0.3) is 0 Å². The molecule has 0 unspecified atom stereocenters. The second-order valence-corrected chi connectivity index (χ2v) is 6.94. The molecule has 138 valence electrons. The lowest BCUT2D eigenvalue weighted by Crippen LogP contribution is -2.46. The average molecular weight is 347 g/mol. The number of aromatic nitrogens is 2. The molecule has 7 nitrogen and oxygen atoms in total. The van der Waals surface area contributed by atoms with Crippen LogP contribution in [0.25, 0.3) is 0 Å². The van der Waals surface area contributed by atoms with Gasteiger partial charge in [0.2, 0.25) is 5.91 Å². The van der Waals surface area contributed by atoms with Crippen molar-refractivity contribution < 1.29 is 9.53 Å². The van der Waals surface area contributed by atoms with Crippen molar-refractivity contribution in [2.24, 2.45) is 0 Å². The number of hydrogen-bond donors (Lipinski definition) is 2. The lowest BCUT2D eigenvalue weighted by molar-refractivity contribution is -0.122. The molecule has 1 atom stereocenters. The Kier molecular flexibility index (Phi) is 6.99. The molecular formula is C18H29N5O2. The lowest BCUT2D eigenvalue weighted by Gasteiger charge is -2.33. The van der Waals surface area contributed by atoms with Crippen molar-refractivity contribution in [3.05, 3.63) is 18.3 Å². The van der Waals surface area contributed by atoms with E-state index in [0.29, 0.717) is 25.6 Å². The van der Waals surface area contributed by atoms with Crippen molar-refractivity contribution in [2.45, 2.75) is 50.7 Å². The third-order valence-electron chi connectivity index (χ3n) is 4.93. The van der Waals surface area contributed by atoms with Crippen LogP contribution in [0.5, 0.6) is 0 Å². The molecule has 2 fully saturated rings. The normalized spacial score (nSPS) is 22.5. The van der Waals surface area contributed by atoms with Crippen molar-refractivity contribution in [3.8, 4) is 0 Å². The number of hydrogen-bond acceptors (Lipinski definition) is 6. The number of amides is 1. The first-order chi connectivity index (χ1) is 12.3. The Balaban J connectivity index is 1.34. The van der Waals surface area contributed by atoms with Gasteiger partial charge in [-0.1, -0.05) is 19.3 Å². The summed E-state index contributed by atoms with van der Waals surface area (Å²) in [7, 11) is 0. The maximum atomic E-state index is 12.1. The van der Waals surface area contributed by atoms with Crippen LogP contribution in [0.2, 0.25) is 0 Å². The number of carbonyl (C=O) groups is 1. The zero-order chi connectivity index (χ0) is 17.3. The van der Waals surface area contributed by atoms with E-state index in [1.54, 1.807) is 6.20 Å². The lowest BCUT2D eigenvalue weighted by atomic mass is 9.95. The summed E-state index contributed by atoms with van der Waals surface area (Å²) in [6.07, 6.45) is 8.41. The van der Waals surface area contributed by atoms with Crippen molar-refractivity contribution in [2.75, 3.05) is 38.1 Å². The van der Waals surface area contributed by atoms with Crippen molar-refractivity contribution in [3.63, 3.8) is 0 Å². The molecule has 2 heterocycles. The van der Waals surface area contributed by atoms with E-state index in [4.69, 9.17) is 4.74 Å². The first-order valence-corrected chi connectivity index (χ1v) is 9.44.